The molecule has 0 heterocycles. The molecule has 0 aliphatic heterocycles. The van der Waals surface area contributed by atoms with Gasteiger partial charge >= 0.3 is 0 Å². The first-order valence-electron chi connectivity index (χ1n) is 4.74. The Bertz CT molecular complexity index is 258. The van der Waals surface area contributed by atoms with Crippen LogP contribution in [0.3, 0.4) is 0 Å². The molecule has 0 aromatic heterocycles. The van der Waals surface area contributed by atoms with Gasteiger partial charge in [-0.05, 0) is 17.7 Å². The van der Waals surface area contributed by atoms with E-state index in [1.165, 1.54) is 10.5 Å². The van der Waals surface area contributed by atoms with E-state index in [0.717, 1.165) is 6.54 Å². The standard InChI is InChI=1S/C11H17NOS/c1-9(2)14-11-6-4-10(5-7-11)8-12-13-3/h4-7,9,12H,8H2,1-3H3. The normalized spacial score (nSPS) is 10.9. The largest absolute Gasteiger partial charge is 0.305 e. The quantitative estimate of drug-likeness (QED) is 0.598. The number of hydroxylamine groups is 1. The fourth-order valence-electron chi connectivity index (χ4n) is 1.11. The minimum Gasteiger partial charge on any atom is -0.305 e. The van der Waals surface area contributed by atoms with Crippen LogP contribution in [-0.4, -0.2) is 12.4 Å². The molecule has 14 heavy (non-hydrogen) atoms. The van der Waals surface area contributed by atoms with Gasteiger partial charge in [0.05, 0.1) is 7.11 Å². The van der Waals surface area contributed by atoms with E-state index in [0.29, 0.717) is 5.25 Å². The van der Waals surface area contributed by atoms with Crippen LogP contribution in [0.4, 0.5) is 0 Å². The zero-order chi connectivity index (χ0) is 10.4. The van der Waals surface area contributed by atoms with Crippen molar-refractivity contribution in [3.63, 3.8) is 0 Å². The van der Waals surface area contributed by atoms with Crippen molar-refractivity contribution >= 4 is 11.8 Å². The summed E-state index contributed by atoms with van der Waals surface area (Å²) in [6, 6.07) is 8.54. The lowest BCUT2D eigenvalue weighted by Crippen LogP contribution is -2.10. The van der Waals surface area contributed by atoms with Crippen molar-refractivity contribution in [2.75, 3.05) is 7.11 Å². The maximum atomic E-state index is 4.79. The molecule has 0 unspecified atom stereocenters. The molecule has 2 nitrogen and oxygen atoms in total. The highest BCUT2D eigenvalue weighted by Crippen LogP contribution is 2.22. The molecule has 78 valence electrons. The van der Waals surface area contributed by atoms with Crippen LogP contribution in [-0.2, 0) is 11.4 Å². The predicted molar refractivity (Wildman–Crippen MR) is 61.3 cm³/mol. The van der Waals surface area contributed by atoms with E-state index in [1.807, 2.05) is 11.8 Å². The van der Waals surface area contributed by atoms with Gasteiger partial charge in [0.1, 0.15) is 0 Å². The minimum atomic E-state index is 0.637. The van der Waals surface area contributed by atoms with E-state index in [2.05, 4.69) is 43.6 Å². The van der Waals surface area contributed by atoms with Gasteiger partial charge in [-0.2, -0.15) is 5.48 Å². The number of nitrogens with one attached hydrogen (secondary N) is 1. The molecule has 0 saturated heterocycles. The van der Waals surface area contributed by atoms with Crippen molar-refractivity contribution in [3.8, 4) is 0 Å². The van der Waals surface area contributed by atoms with Gasteiger partial charge in [0, 0.05) is 16.7 Å². The molecule has 0 saturated carbocycles. The molecule has 0 aliphatic rings. The third kappa shape index (κ3) is 4.13. The van der Waals surface area contributed by atoms with E-state index >= 15 is 0 Å². The molecule has 1 aromatic carbocycles. The first-order valence-corrected chi connectivity index (χ1v) is 5.62. The van der Waals surface area contributed by atoms with Crippen molar-refractivity contribution in [2.24, 2.45) is 0 Å². The van der Waals surface area contributed by atoms with Crippen molar-refractivity contribution in [2.45, 2.75) is 30.5 Å². The van der Waals surface area contributed by atoms with Gasteiger partial charge in [-0.1, -0.05) is 26.0 Å². The fraction of sp³-hybridized carbons (Fsp3) is 0.455. The highest BCUT2D eigenvalue weighted by Gasteiger charge is 1.98. The average molecular weight is 211 g/mol. The second-order valence-corrected chi connectivity index (χ2v) is 4.99. The third-order valence-corrected chi connectivity index (χ3v) is 2.73. The molecular weight excluding hydrogens is 194 g/mol. The molecule has 1 rings (SSSR count). The molecule has 0 bridgehead atoms. The Morgan fingerprint density at radius 2 is 1.93 bits per heavy atom. The molecular formula is C11H17NOS. The Balaban J connectivity index is 2.50. The van der Waals surface area contributed by atoms with Gasteiger partial charge in [-0.15, -0.1) is 11.8 Å². The van der Waals surface area contributed by atoms with Crippen molar-refractivity contribution in [3.05, 3.63) is 29.8 Å². The summed E-state index contributed by atoms with van der Waals surface area (Å²) in [5, 5.41) is 0.637. The maximum Gasteiger partial charge on any atom is 0.0572 e. The first kappa shape index (κ1) is 11.6. The fourth-order valence-corrected chi connectivity index (χ4v) is 1.95. The highest BCUT2D eigenvalue weighted by molar-refractivity contribution is 7.99. The zero-order valence-corrected chi connectivity index (χ0v) is 9.73. The Hall–Kier alpha value is -0.510. The molecule has 0 spiro atoms. The van der Waals surface area contributed by atoms with Crippen LogP contribution in [0.2, 0.25) is 0 Å². The van der Waals surface area contributed by atoms with Crippen molar-refractivity contribution in [1.82, 2.24) is 5.48 Å². The third-order valence-electron chi connectivity index (χ3n) is 1.72. The minimum absolute atomic E-state index is 0.637. The molecule has 0 aliphatic carbocycles. The van der Waals surface area contributed by atoms with Crippen LogP contribution in [0.15, 0.2) is 29.2 Å². The Kier molecular flexibility index (Phi) is 5.01. The molecule has 1 N–H and O–H groups in total. The molecule has 3 heteroatoms. The Labute approximate surface area is 90.0 Å². The summed E-state index contributed by atoms with van der Waals surface area (Å²) >= 11 is 1.88. The van der Waals surface area contributed by atoms with Gasteiger partial charge in [0.15, 0.2) is 0 Å². The Morgan fingerprint density at radius 1 is 1.29 bits per heavy atom. The van der Waals surface area contributed by atoms with E-state index in [-0.39, 0.29) is 0 Å². The zero-order valence-electron chi connectivity index (χ0n) is 8.91. The van der Waals surface area contributed by atoms with E-state index in [9.17, 15) is 0 Å². The van der Waals surface area contributed by atoms with Crippen LogP contribution in [0.25, 0.3) is 0 Å². The van der Waals surface area contributed by atoms with Crippen LogP contribution in [0.1, 0.15) is 19.4 Å². The smallest absolute Gasteiger partial charge is 0.0572 e. The Morgan fingerprint density at radius 3 is 2.43 bits per heavy atom. The first-order chi connectivity index (χ1) is 6.72. The summed E-state index contributed by atoms with van der Waals surface area (Å²) in [5.74, 6) is 0. The van der Waals surface area contributed by atoms with E-state index in [1.54, 1.807) is 7.11 Å². The van der Waals surface area contributed by atoms with Gasteiger partial charge in [-0.3, -0.25) is 0 Å². The van der Waals surface area contributed by atoms with Crippen LogP contribution in [0.5, 0.6) is 0 Å². The topological polar surface area (TPSA) is 21.3 Å². The second-order valence-electron chi connectivity index (χ2n) is 3.34. The SMILES string of the molecule is CONCc1ccc(SC(C)C)cc1. The lowest BCUT2D eigenvalue weighted by Gasteiger charge is -2.06. The molecule has 0 atom stereocenters. The summed E-state index contributed by atoms with van der Waals surface area (Å²) in [7, 11) is 1.63. The highest BCUT2D eigenvalue weighted by atomic mass is 32.2. The maximum absolute atomic E-state index is 4.79. The van der Waals surface area contributed by atoms with E-state index < -0.39 is 0 Å². The monoisotopic (exact) mass is 211 g/mol. The predicted octanol–water partition coefficient (Wildman–Crippen LogP) is 2.84. The molecule has 0 radical (unpaired) electrons. The molecule has 0 fully saturated rings. The van der Waals surface area contributed by atoms with Crippen LogP contribution >= 0.6 is 11.8 Å². The summed E-state index contributed by atoms with van der Waals surface area (Å²) in [6.45, 7) is 5.15. The molecule has 0 amide bonds. The second kappa shape index (κ2) is 6.06. The number of hydrogen-bond donors (Lipinski definition) is 1. The van der Waals surface area contributed by atoms with Gasteiger partial charge < -0.3 is 4.84 Å². The lowest BCUT2D eigenvalue weighted by molar-refractivity contribution is 0.0867. The summed E-state index contributed by atoms with van der Waals surface area (Å²) in [6.07, 6.45) is 0. The van der Waals surface area contributed by atoms with Crippen LogP contribution < -0.4 is 5.48 Å². The summed E-state index contributed by atoms with van der Waals surface area (Å²) in [5.41, 5.74) is 4.05. The number of thioether (sulfide) groups is 1. The van der Waals surface area contributed by atoms with Crippen LogP contribution in [0, 0.1) is 0 Å². The van der Waals surface area contributed by atoms with E-state index in [4.69, 9.17) is 4.84 Å². The lowest BCUT2D eigenvalue weighted by atomic mass is 10.2. The number of rotatable bonds is 5. The van der Waals surface area contributed by atoms with Gasteiger partial charge in [0.2, 0.25) is 0 Å². The summed E-state index contributed by atoms with van der Waals surface area (Å²) < 4.78 is 0. The van der Waals surface area contributed by atoms with Gasteiger partial charge in [0.25, 0.3) is 0 Å². The average Bonchev–Trinajstić information content (AvgIpc) is 2.16. The van der Waals surface area contributed by atoms with Crippen molar-refractivity contribution in [1.29, 1.82) is 0 Å². The van der Waals surface area contributed by atoms with Gasteiger partial charge in [-0.25, -0.2) is 0 Å². The van der Waals surface area contributed by atoms with Crippen molar-refractivity contribution < 1.29 is 4.84 Å². The number of benzene rings is 1. The summed E-state index contributed by atoms with van der Waals surface area (Å²) in [4.78, 5) is 6.11. The molecule has 1 aromatic rings. The number of hydrogen-bond acceptors (Lipinski definition) is 3.